The molecule has 4 amide bonds. The lowest BCUT2D eigenvalue weighted by Gasteiger charge is -2.34. The molecular formula is C24H32N4O3. The summed E-state index contributed by atoms with van der Waals surface area (Å²) in [6, 6.07) is 9.94. The van der Waals surface area contributed by atoms with Crippen molar-refractivity contribution >= 4 is 23.9 Å². The fraction of sp³-hybridized carbons (Fsp3) is 0.542. The van der Waals surface area contributed by atoms with E-state index in [1.54, 1.807) is 0 Å². The number of carbonyl (C=O) groups excluding carboxylic acids is 3. The Morgan fingerprint density at radius 3 is 2.45 bits per heavy atom. The van der Waals surface area contributed by atoms with Crippen LogP contribution in [0.1, 0.15) is 44.1 Å². The van der Waals surface area contributed by atoms with Crippen LogP contribution < -0.4 is 5.32 Å². The standard InChI is InChI=1S/C24H32N4O3/c29-21(11-7-15-28-22(30)24(25-23(28)31)12-4-5-13-24)27-18-16-26(17-19-27)14-6-10-20-8-2-1-3-9-20/h1-3,6,8-10H,4-5,7,11-19H2,(H,25,31). The third-order valence-electron chi connectivity index (χ3n) is 6.67. The van der Waals surface area contributed by atoms with Crippen molar-refractivity contribution < 1.29 is 14.4 Å². The molecule has 1 saturated carbocycles. The number of rotatable bonds is 7. The van der Waals surface area contributed by atoms with Crippen molar-refractivity contribution in [3.63, 3.8) is 0 Å². The molecule has 1 aliphatic carbocycles. The van der Waals surface area contributed by atoms with E-state index in [1.165, 1.54) is 10.5 Å². The van der Waals surface area contributed by atoms with Gasteiger partial charge in [0.25, 0.3) is 5.91 Å². The summed E-state index contributed by atoms with van der Waals surface area (Å²) in [7, 11) is 0. The minimum absolute atomic E-state index is 0.0976. The molecule has 3 fully saturated rings. The molecule has 1 aromatic rings. The summed E-state index contributed by atoms with van der Waals surface area (Å²) in [5.74, 6) is 0.0155. The Balaban J connectivity index is 1.16. The molecule has 0 radical (unpaired) electrons. The average molecular weight is 425 g/mol. The fourth-order valence-electron chi connectivity index (χ4n) is 4.83. The van der Waals surface area contributed by atoms with E-state index in [1.807, 2.05) is 23.1 Å². The van der Waals surface area contributed by atoms with E-state index in [-0.39, 0.29) is 17.8 Å². The van der Waals surface area contributed by atoms with Gasteiger partial charge in [0.05, 0.1) is 0 Å². The number of carbonyl (C=O) groups is 3. The number of hydrogen-bond acceptors (Lipinski definition) is 4. The SMILES string of the molecule is O=C(CCCN1C(=O)NC2(CCCC2)C1=O)N1CCN(CC=Cc2ccccc2)CC1. The topological polar surface area (TPSA) is 73.0 Å². The van der Waals surface area contributed by atoms with Crippen molar-refractivity contribution in [3.05, 3.63) is 42.0 Å². The number of benzene rings is 1. The predicted octanol–water partition coefficient (Wildman–Crippen LogP) is 2.49. The number of urea groups is 1. The smallest absolute Gasteiger partial charge is 0.325 e. The molecular weight excluding hydrogens is 392 g/mol. The van der Waals surface area contributed by atoms with Gasteiger partial charge in [0.1, 0.15) is 5.54 Å². The zero-order chi connectivity index (χ0) is 21.7. The largest absolute Gasteiger partial charge is 0.340 e. The fourth-order valence-corrected chi connectivity index (χ4v) is 4.83. The molecule has 0 aromatic heterocycles. The van der Waals surface area contributed by atoms with Crippen LogP contribution in [0.4, 0.5) is 4.79 Å². The first-order valence-corrected chi connectivity index (χ1v) is 11.4. The molecule has 4 rings (SSSR count). The zero-order valence-corrected chi connectivity index (χ0v) is 18.1. The van der Waals surface area contributed by atoms with Gasteiger partial charge in [-0.1, -0.05) is 55.3 Å². The van der Waals surface area contributed by atoms with E-state index in [9.17, 15) is 14.4 Å². The Morgan fingerprint density at radius 1 is 1.03 bits per heavy atom. The lowest BCUT2D eigenvalue weighted by Crippen LogP contribution is -2.48. The molecule has 7 heteroatoms. The van der Waals surface area contributed by atoms with Crippen molar-refractivity contribution in [2.45, 2.75) is 44.1 Å². The van der Waals surface area contributed by atoms with Crippen LogP contribution in [0.25, 0.3) is 6.08 Å². The van der Waals surface area contributed by atoms with E-state index >= 15 is 0 Å². The quantitative estimate of drug-likeness (QED) is 0.683. The van der Waals surface area contributed by atoms with E-state index in [2.05, 4.69) is 34.5 Å². The van der Waals surface area contributed by atoms with Crippen molar-refractivity contribution in [1.82, 2.24) is 20.0 Å². The number of nitrogens with one attached hydrogen (secondary N) is 1. The number of hydrogen-bond donors (Lipinski definition) is 1. The van der Waals surface area contributed by atoms with Gasteiger partial charge >= 0.3 is 6.03 Å². The molecule has 0 unspecified atom stereocenters. The van der Waals surface area contributed by atoms with E-state index < -0.39 is 5.54 Å². The monoisotopic (exact) mass is 424 g/mol. The van der Waals surface area contributed by atoms with Crippen LogP contribution in [0.15, 0.2) is 36.4 Å². The van der Waals surface area contributed by atoms with Gasteiger partial charge in [0, 0.05) is 45.7 Å². The van der Waals surface area contributed by atoms with Gasteiger partial charge in [-0.2, -0.15) is 0 Å². The summed E-state index contributed by atoms with van der Waals surface area (Å²) in [4.78, 5) is 43.0. The number of nitrogens with zero attached hydrogens (tertiary/aromatic N) is 3. The van der Waals surface area contributed by atoms with Crippen molar-refractivity contribution in [2.75, 3.05) is 39.3 Å². The molecule has 1 aromatic carbocycles. The van der Waals surface area contributed by atoms with Crippen molar-refractivity contribution in [1.29, 1.82) is 0 Å². The Kier molecular flexibility index (Phi) is 6.70. The Labute approximate surface area is 184 Å². The van der Waals surface area contributed by atoms with Crippen molar-refractivity contribution in [3.8, 4) is 0 Å². The minimum Gasteiger partial charge on any atom is -0.340 e. The number of piperazine rings is 1. The molecule has 7 nitrogen and oxygen atoms in total. The van der Waals surface area contributed by atoms with E-state index in [0.717, 1.165) is 58.4 Å². The minimum atomic E-state index is -0.660. The third kappa shape index (κ3) is 4.98. The van der Waals surface area contributed by atoms with Crippen LogP contribution in [0.5, 0.6) is 0 Å². The van der Waals surface area contributed by atoms with E-state index in [0.29, 0.717) is 19.4 Å². The summed E-state index contributed by atoms with van der Waals surface area (Å²) in [6.45, 7) is 4.38. The average Bonchev–Trinajstić information content (AvgIpc) is 3.35. The molecule has 1 spiro atoms. The zero-order valence-electron chi connectivity index (χ0n) is 18.1. The van der Waals surface area contributed by atoms with Crippen LogP contribution in [0.2, 0.25) is 0 Å². The highest BCUT2D eigenvalue weighted by Gasteiger charge is 2.52. The van der Waals surface area contributed by atoms with Crippen LogP contribution in [0.3, 0.4) is 0 Å². The van der Waals surface area contributed by atoms with Crippen LogP contribution in [-0.4, -0.2) is 77.4 Å². The molecule has 2 saturated heterocycles. The van der Waals surface area contributed by atoms with E-state index in [4.69, 9.17) is 0 Å². The molecule has 2 heterocycles. The third-order valence-corrected chi connectivity index (χ3v) is 6.67. The summed E-state index contributed by atoms with van der Waals surface area (Å²) >= 11 is 0. The number of imide groups is 1. The first kappa shape index (κ1) is 21.6. The molecule has 0 bridgehead atoms. The summed E-state index contributed by atoms with van der Waals surface area (Å²) in [5.41, 5.74) is 0.534. The predicted molar refractivity (Wildman–Crippen MR) is 119 cm³/mol. The second kappa shape index (κ2) is 9.64. The second-order valence-electron chi connectivity index (χ2n) is 8.77. The maximum Gasteiger partial charge on any atom is 0.325 e. The Bertz CT molecular complexity index is 824. The Morgan fingerprint density at radius 2 is 1.74 bits per heavy atom. The summed E-state index contributed by atoms with van der Waals surface area (Å²) in [6.07, 6.45) is 8.62. The highest BCUT2D eigenvalue weighted by molar-refractivity contribution is 6.07. The molecule has 2 aliphatic heterocycles. The summed E-state index contributed by atoms with van der Waals surface area (Å²) < 4.78 is 0. The molecule has 31 heavy (non-hydrogen) atoms. The van der Waals surface area contributed by atoms with Crippen LogP contribution >= 0.6 is 0 Å². The normalized spacial score (nSPS) is 21.4. The van der Waals surface area contributed by atoms with Gasteiger partial charge < -0.3 is 10.2 Å². The molecule has 1 N–H and O–H groups in total. The number of amides is 4. The molecule has 3 aliphatic rings. The van der Waals surface area contributed by atoms with Gasteiger partial charge in [0.15, 0.2) is 0 Å². The Hall–Kier alpha value is -2.67. The molecule has 0 atom stereocenters. The van der Waals surface area contributed by atoms with Crippen LogP contribution in [-0.2, 0) is 9.59 Å². The highest BCUT2D eigenvalue weighted by atomic mass is 16.2. The lowest BCUT2D eigenvalue weighted by atomic mass is 9.98. The highest BCUT2D eigenvalue weighted by Crippen LogP contribution is 2.35. The maximum absolute atomic E-state index is 12.7. The maximum atomic E-state index is 12.7. The van der Waals surface area contributed by atoms with Gasteiger partial charge in [-0.05, 0) is 24.8 Å². The first-order valence-electron chi connectivity index (χ1n) is 11.4. The van der Waals surface area contributed by atoms with Crippen LogP contribution in [0, 0.1) is 0 Å². The second-order valence-corrected chi connectivity index (χ2v) is 8.77. The van der Waals surface area contributed by atoms with Gasteiger partial charge in [-0.25, -0.2) is 4.79 Å². The first-order chi connectivity index (χ1) is 15.1. The lowest BCUT2D eigenvalue weighted by molar-refractivity contribution is -0.134. The van der Waals surface area contributed by atoms with Crippen molar-refractivity contribution in [2.24, 2.45) is 0 Å². The van der Waals surface area contributed by atoms with Gasteiger partial charge in [-0.3, -0.25) is 19.4 Å². The molecule has 166 valence electrons. The summed E-state index contributed by atoms with van der Waals surface area (Å²) in [5, 5.41) is 2.89. The van der Waals surface area contributed by atoms with Gasteiger partial charge in [0.2, 0.25) is 5.91 Å². The van der Waals surface area contributed by atoms with Gasteiger partial charge in [-0.15, -0.1) is 0 Å².